The predicted molar refractivity (Wildman–Crippen MR) is 86.7 cm³/mol. The molecule has 1 rings (SSSR count). The molecule has 0 radical (unpaired) electrons. The zero-order valence-electron chi connectivity index (χ0n) is 13.5. The minimum absolute atomic E-state index is 0.0985. The van der Waals surface area contributed by atoms with Crippen molar-refractivity contribution in [3.63, 3.8) is 0 Å². The Morgan fingerprint density at radius 1 is 1.33 bits per heavy atom. The number of anilines is 1. The van der Waals surface area contributed by atoms with Crippen LogP contribution in [0.5, 0.6) is 0 Å². The molecule has 118 valence electrons. The van der Waals surface area contributed by atoms with Gasteiger partial charge in [-0.2, -0.15) is 0 Å². The average molecular weight is 293 g/mol. The Kier molecular flexibility index (Phi) is 7.79. The first-order valence-electron chi connectivity index (χ1n) is 7.42. The summed E-state index contributed by atoms with van der Waals surface area (Å²) in [5, 5.41) is 6.25. The van der Waals surface area contributed by atoms with Crippen LogP contribution in [-0.2, 0) is 4.74 Å². The van der Waals surface area contributed by atoms with E-state index < -0.39 is 0 Å². The molecule has 21 heavy (non-hydrogen) atoms. The van der Waals surface area contributed by atoms with E-state index in [1.165, 1.54) is 5.56 Å². The molecule has 1 aromatic carbocycles. The summed E-state index contributed by atoms with van der Waals surface area (Å²) in [5.41, 5.74) is 2.02. The Hall–Kier alpha value is -1.59. The van der Waals surface area contributed by atoms with Crippen molar-refractivity contribution < 1.29 is 9.53 Å². The maximum absolute atomic E-state index is 12.0. The Labute approximate surface area is 127 Å². The Balaban J connectivity index is 2.49. The number of benzene rings is 1. The van der Waals surface area contributed by atoms with Gasteiger partial charge < -0.3 is 20.3 Å². The smallest absolute Gasteiger partial charge is 0.321 e. The molecule has 0 spiro atoms. The molecule has 0 heterocycles. The van der Waals surface area contributed by atoms with Crippen LogP contribution in [0.1, 0.15) is 31.9 Å². The fraction of sp³-hybridized carbons (Fsp3) is 0.562. The van der Waals surface area contributed by atoms with Crippen molar-refractivity contribution in [3.05, 3.63) is 29.8 Å². The lowest BCUT2D eigenvalue weighted by Gasteiger charge is -2.18. The van der Waals surface area contributed by atoms with Gasteiger partial charge in [0.2, 0.25) is 0 Å². The first kappa shape index (κ1) is 17.5. The highest BCUT2D eigenvalue weighted by Gasteiger charge is 2.09. The molecule has 5 nitrogen and oxygen atoms in total. The number of nitrogens with one attached hydrogen (secondary N) is 2. The van der Waals surface area contributed by atoms with Crippen molar-refractivity contribution in [3.8, 4) is 0 Å². The molecule has 1 unspecified atom stereocenters. The summed E-state index contributed by atoms with van der Waals surface area (Å²) in [5.74, 6) is 0. The van der Waals surface area contributed by atoms with E-state index in [0.29, 0.717) is 19.2 Å². The molecule has 0 aliphatic heterocycles. The van der Waals surface area contributed by atoms with Gasteiger partial charge in [0, 0.05) is 39.0 Å². The monoisotopic (exact) mass is 293 g/mol. The van der Waals surface area contributed by atoms with Crippen molar-refractivity contribution >= 4 is 11.7 Å². The molecule has 0 saturated heterocycles. The van der Waals surface area contributed by atoms with Gasteiger partial charge in [0.05, 0.1) is 0 Å². The molecule has 2 amide bonds. The SMILES string of the molecule is CCNC(C)c1ccc(NC(=O)N(C)CCCOC)cc1. The maximum Gasteiger partial charge on any atom is 0.321 e. The standard InChI is InChI=1S/C16H27N3O2/c1-5-17-13(2)14-7-9-15(10-8-14)18-16(20)19(3)11-6-12-21-4/h7-10,13,17H,5-6,11-12H2,1-4H3,(H,18,20). The lowest BCUT2D eigenvalue weighted by Crippen LogP contribution is -2.32. The number of carbonyl (C=O) groups is 1. The minimum atomic E-state index is -0.0985. The number of urea groups is 1. The molecule has 0 aliphatic rings. The molecular weight excluding hydrogens is 266 g/mol. The zero-order chi connectivity index (χ0) is 15.7. The molecule has 0 fully saturated rings. The van der Waals surface area contributed by atoms with E-state index in [4.69, 9.17) is 4.74 Å². The van der Waals surface area contributed by atoms with E-state index >= 15 is 0 Å². The van der Waals surface area contributed by atoms with Gasteiger partial charge >= 0.3 is 6.03 Å². The fourth-order valence-corrected chi connectivity index (χ4v) is 2.05. The number of ether oxygens (including phenoxy) is 1. The number of hydrogen-bond donors (Lipinski definition) is 2. The van der Waals surface area contributed by atoms with Crippen LogP contribution in [0.3, 0.4) is 0 Å². The Morgan fingerprint density at radius 3 is 2.57 bits per heavy atom. The van der Waals surface area contributed by atoms with Crippen LogP contribution < -0.4 is 10.6 Å². The lowest BCUT2D eigenvalue weighted by molar-refractivity contribution is 0.179. The third-order valence-electron chi connectivity index (χ3n) is 3.36. The predicted octanol–water partition coefficient (Wildman–Crippen LogP) is 2.86. The maximum atomic E-state index is 12.0. The van der Waals surface area contributed by atoms with Crippen LogP contribution in [-0.4, -0.2) is 44.8 Å². The zero-order valence-corrected chi connectivity index (χ0v) is 13.5. The van der Waals surface area contributed by atoms with E-state index in [0.717, 1.165) is 18.7 Å². The number of methoxy groups -OCH3 is 1. The van der Waals surface area contributed by atoms with Crippen LogP contribution in [0.25, 0.3) is 0 Å². The Bertz CT molecular complexity index is 420. The van der Waals surface area contributed by atoms with Crippen LogP contribution in [0.15, 0.2) is 24.3 Å². The third kappa shape index (κ3) is 6.14. The minimum Gasteiger partial charge on any atom is -0.385 e. The lowest BCUT2D eigenvalue weighted by atomic mass is 10.1. The van der Waals surface area contributed by atoms with E-state index in [2.05, 4.69) is 24.5 Å². The van der Waals surface area contributed by atoms with Crippen LogP contribution in [0.4, 0.5) is 10.5 Å². The molecule has 0 aliphatic carbocycles. The van der Waals surface area contributed by atoms with Gasteiger partial charge in [-0.15, -0.1) is 0 Å². The van der Waals surface area contributed by atoms with Crippen molar-refractivity contribution in [1.29, 1.82) is 0 Å². The molecular formula is C16H27N3O2. The molecule has 2 N–H and O–H groups in total. The van der Waals surface area contributed by atoms with Crippen molar-refractivity contribution in [2.75, 3.05) is 39.2 Å². The van der Waals surface area contributed by atoms with E-state index in [-0.39, 0.29) is 6.03 Å². The van der Waals surface area contributed by atoms with Crippen molar-refractivity contribution in [1.82, 2.24) is 10.2 Å². The highest BCUT2D eigenvalue weighted by atomic mass is 16.5. The van der Waals surface area contributed by atoms with Gasteiger partial charge in [-0.3, -0.25) is 0 Å². The van der Waals surface area contributed by atoms with E-state index in [9.17, 15) is 4.79 Å². The second kappa shape index (κ2) is 9.37. The van der Waals surface area contributed by atoms with Gasteiger partial charge in [0.15, 0.2) is 0 Å². The van der Waals surface area contributed by atoms with Crippen LogP contribution in [0, 0.1) is 0 Å². The summed E-state index contributed by atoms with van der Waals surface area (Å²) in [6, 6.07) is 8.16. The van der Waals surface area contributed by atoms with Crippen molar-refractivity contribution in [2.45, 2.75) is 26.3 Å². The molecule has 0 bridgehead atoms. The van der Waals surface area contributed by atoms with Gasteiger partial charge in [-0.05, 0) is 37.6 Å². The number of rotatable bonds is 8. The number of nitrogens with zero attached hydrogens (tertiary/aromatic N) is 1. The first-order valence-corrected chi connectivity index (χ1v) is 7.42. The molecule has 5 heteroatoms. The molecule has 1 atom stereocenters. The summed E-state index contributed by atoms with van der Waals surface area (Å²) >= 11 is 0. The van der Waals surface area contributed by atoms with Gasteiger partial charge in [0.1, 0.15) is 0 Å². The number of carbonyl (C=O) groups excluding carboxylic acids is 1. The fourth-order valence-electron chi connectivity index (χ4n) is 2.05. The average Bonchev–Trinajstić information content (AvgIpc) is 2.48. The summed E-state index contributed by atoms with van der Waals surface area (Å²) in [7, 11) is 3.45. The summed E-state index contributed by atoms with van der Waals surface area (Å²) < 4.78 is 4.98. The van der Waals surface area contributed by atoms with Gasteiger partial charge in [-0.25, -0.2) is 4.79 Å². The normalized spacial score (nSPS) is 12.0. The Morgan fingerprint density at radius 2 is 2.00 bits per heavy atom. The summed E-state index contributed by atoms with van der Waals surface area (Å²) in [6.07, 6.45) is 0.833. The highest BCUT2D eigenvalue weighted by Crippen LogP contribution is 2.16. The van der Waals surface area contributed by atoms with Gasteiger partial charge in [0.25, 0.3) is 0 Å². The molecule has 0 saturated carbocycles. The quantitative estimate of drug-likeness (QED) is 0.725. The molecule has 0 aromatic heterocycles. The number of amides is 2. The number of hydrogen-bond acceptors (Lipinski definition) is 3. The van der Waals surface area contributed by atoms with E-state index in [1.54, 1.807) is 19.1 Å². The van der Waals surface area contributed by atoms with Crippen molar-refractivity contribution in [2.24, 2.45) is 0 Å². The summed E-state index contributed by atoms with van der Waals surface area (Å²) in [6.45, 7) is 6.49. The molecule has 1 aromatic rings. The van der Waals surface area contributed by atoms with Crippen LogP contribution >= 0.6 is 0 Å². The van der Waals surface area contributed by atoms with Gasteiger partial charge in [-0.1, -0.05) is 19.1 Å². The second-order valence-electron chi connectivity index (χ2n) is 5.10. The topological polar surface area (TPSA) is 53.6 Å². The second-order valence-corrected chi connectivity index (χ2v) is 5.10. The van der Waals surface area contributed by atoms with E-state index in [1.807, 2.05) is 24.3 Å². The summed E-state index contributed by atoms with van der Waals surface area (Å²) in [4.78, 5) is 13.7. The largest absolute Gasteiger partial charge is 0.385 e. The first-order chi connectivity index (χ1) is 10.1. The third-order valence-corrected chi connectivity index (χ3v) is 3.36. The highest BCUT2D eigenvalue weighted by molar-refractivity contribution is 5.89. The van der Waals surface area contributed by atoms with Crippen LogP contribution in [0.2, 0.25) is 0 Å².